The van der Waals surface area contributed by atoms with Crippen LogP contribution >= 0.6 is 0 Å². The lowest BCUT2D eigenvalue weighted by molar-refractivity contribution is 0.575. The molecule has 0 aliphatic heterocycles. The zero-order valence-electron chi connectivity index (χ0n) is 4.23. The molecular weight excluding hydrogens is 106 g/mol. The molecule has 1 rings (SSSR count). The van der Waals surface area contributed by atoms with Gasteiger partial charge in [-0.05, 0) is 20.9 Å². The van der Waals surface area contributed by atoms with Crippen molar-refractivity contribution in [2.24, 2.45) is 0 Å². The van der Waals surface area contributed by atoms with E-state index in [-0.39, 0.29) is 0 Å². The Balaban J connectivity index is 2.62. The number of rotatable bonds is 2. The predicted molar refractivity (Wildman–Crippen MR) is 25.8 cm³/mol. The summed E-state index contributed by atoms with van der Waals surface area (Å²) in [5.41, 5.74) is 0. The van der Waals surface area contributed by atoms with E-state index in [0.29, 0.717) is 6.54 Å². The van der Waals surface area contributed by atoms with Crippen molar-refractivity contribution in [3.8, 4) is 0 Å². The second kappa shape index (κ2) is 2.15. The summed E-state index contributed by atoms with van der Waals surface area (Å²) in [6.45, 7) is 4.04. The number of aromatic nitrogens is 5. The van der Waals surface area contributed by atoms with Crippen LogP contribution in [0.4, 0.5) is 0 Å². The molecule has 42 valence electrons. The van der Waals surface area contributed by atoms with Crippen molar-refractivity contribution < 1.29 is 0 Å². The van der Waals surface area contributed by atoms with Gasteiger partial charge in [0.2, 0.25) is 0 Å². The molecule has 0 radical (unpaired) electrons. The van der Waals surface area contributed by atoms with Gasteiger partial charge in [-0.2, -0.15) is 0 Å². The molecule has 0 fully saturated rings. The zero-order valence-corrected chi connectivity index (χ0v) is 4.23. The molecular formula is C3H5N5. The lowest BCUT2D eigenvalue weighted by Gasteiger charge is -1.82. The van der Waals surface area contributed by atoms with Crippen molar-refractivity contribution in [1.82, 2.24) is 25.7 Å². The highest BCUT2D eigenvalue weighted by Crippen LogP contribution is 1.69. The number of hydrogen-bond donors (Lipinski definition) is 0. The molecule has 0 bridgehead atoms. The first kappa shape index (κ1) is 4.89. The fourth-order valence-corrected chi connectivity index (χ4v) is 0.335. The van der Waals surface area contributed by atoms with E-state index in [9.17, 15) is 0 Å². The second-order valence-electron chi connectivity index (χ2n) is 1.20. The summed E-state index contributed by atoms with van der Waals surface area (Å²) >= 11 is 0. The van der Waals surface area contributed by atoms with Crippen molar-refractivity contribution in [2.45, 2.75) is 6.54 Å². The Hall–Kier alpha value is -1.26. The van der Waals surface area contributed by atoms with E-state index in [1.54, 1.807) is 6.08 Å². The van der Waals surface area contributed by atoms with Gasteiger partial charge >= 0.3 is 0 Å². The fourth-order valence-electron chi connectivity index (χ4n) is 0.335. The molecule has 1 heterocycles. The quantitative estimate of drug-likeness (QED) is 0.471. The minimum Gasteiger partial charge on any atom is -0.140 e. The van der Waals surface area contributed by atoms with Crippen LogP contribution in [0.25, 0.3) is 0 Å². The summed E-state index contributed by atoms with van der Waals surface area (Å²) in [7, 11) is 0. The van der Waals surface area contributed by atoms with Gasteiger partial charge in [0.25, 0.3) is 0 Å². The fraction of sp³-hybridized carbons (Fsp3) is 0.333. The van der Waals surface area contributed by atoms with Crippen molar-refractivity contribution >= 4 is 0 Å². The standard InChI is InChI=1S/C3H5N5/c1-2-3-8-6-4-5-7-8/h2H,1,3H2. The van der Waals surface area contributed by atoms with E-state index in [4.69, 9.17) is 0 Å². The molecule has 8 heavy (non-hydrogen) atoms. The molecule has 0 aliphatic rings. The topological polar surface area (TPSA) is 56.5 Å². The van der Waals surface area contributed by atoms with E-state index >= 15 is 0 Å². The van der Waals surface area contributed by atoms with Gasteiger partial charge in [0.1, 0.15) is 0 Å². The van der Waals surface area contributed by atoms with Crippen molar-refractivity contribution in [3.05, 3.63) is 12.7 Å². The van der Waals surface area contributed by atoms with Gasteiger partial charge in [0, 0.05) is 0 Å². The second-order valence-corrected chi connectivity index (χ2v) is 1.20. The Bertz CT molecular complexity index is 154. The maximum Gasteiger partial charge on any atom is 0.0821 e. The SMILES string of the molecule is C=CCn1nnnn1. The molecule has 5 nitrogen and oxygen atoms in total. The lowest BCUT2D eigenvalue weighted by atomic mass is 10.7. The van der Waals surface area contributed by atoms with Gasteiger partial charge in [-0.15, -0.1) is 11.4 Å². The molecule has 0 atom stereocenters. The van der Waals surface area contributed by atoms with Crippen molar-refractivity contribution in [3.63, 3.8) is 0 Å². The first-order valence-corrected chi connectivity index (χ1v) is 2.13. The van der Waals surface area contributed by atoms with Crippen LogP contribution in [0.15, 0.2) is 12.7 Å². The molecule has 0 saturated carbocycles. The van der Waals surface area contributed by atoms with Crippen LogP contribution in [0.3, 0.4) is 0 Å². The smallest absolute Gasteiger partial charge is 0.0821 e. The highest BCUT2D eigenvalue weighted by molar-refractivity contribution is 4.61. The van der Waals surface area contributed by atoms with Gasteiger partial charge in [0.15, 0.2) is 0 Å². The molecule has 5 heteroatoms. The lowest BCUT2D eigenvalue weighted by Crippen LogP contribution is -1.99. The Kier molecular flexibility index (Phi) is 1.32. The summed E-state index contributed by atoms with van der Waals surface area (Å²) in [6, 6.07) is 0. The monoisotopic (exact) mass is 111 g/mol. The number of hydrogen-bond acceptors (Lipinski definition) is 4. The molecule has 1 aromatic rings. The van der Waals surface area contributed by atoms with Gasteiger partial charge in [-0.25, -0.2) is 0 Å². The van der Waals surface area contributed by atoms with Gasteiger partial charge in [0.05, 0.1) is 6.54 Å². The minimum atomic E-state index is 0.563. The Morgan fingerprint density at radius 3 is 2.50 bits per heavy atom. The van der Waals surface area contributed by atoms with Crippen LogP contribution in [-0.4, -0.2) is 25.7 Å². The molecule has 0 saturated heterocycles. The molecule has 0 amide bonds. The maximum absolute atomic E-state index is 3.48. The van der Waals surface area contributed by atoms with Gasteiger partial charge < -0.3 is 0 Å². The maximum atomic E-state index is 3.48. The van der Waals surface area contributed by atoms with E-state index in [1.807, 2.05) is 0 Å². The van der Waals surface area contributed by atoms with Crippen LogP contribution in [0.1, 0.15) is 0 Å². The van der Waals surface area contributed by atoms with E-state index < -0.39 is 0 Å². The summed E-state index contributed by atoms with van der Waals surface area (Å²) in [4.78, 5) is 1.34. The van der Waals surface area contributed by atoms with Crippen molar-refractivity contribution in [1.29, 1.82) is 0 Å². The van der Waals surface area contributed by atoms with Crippen molar-refractivity contribution in [2.75, 3.05) is 0 Å². The third-order valence-electron chi connectivity index (χ3n) is 0.619. The average molecular weight is 111 g/mol. The van der Waals surface area contributed by atoms with Crippen LogP contribution < -0.4 is 0 Å². The Labute approximate surface area is 46.0 Å². The van der Waals surface area contributed by atoms with Gasteiger partial charge in [-0.3, -0.25) is 0 Å². The normalized spacial score (nSPS) is 9.00. The largest absolute Gasteiger partial charge is 0.140 e. The summed E-state index contributed by atoms with van der Waals surface area (Å²) in [5.74, 6) is 0. The Morgan fingerprint density at radius 1 is 1.38 bits per heavy atom. The molecule has 0 unspecified atom stereocenters. The minimum absolute atomic E-state index is 0.563. The number of nitrogens with zero attached hydrogens (tertiary/aromatic N) is 5. The highest BCUT2D eigenvalue weighted by Gasteiger charge is 1.84. The highest BCUT2D eigenvalue weighted by atomic mass is 15.7. The molecule has 0 aliphatic carbocycles. The van der Waals surface area contributed by atoms with Crippen LogP contribution in [0.5, 0.6) is 0 Å². The molecule has 1 aromatic heterocycles. The number of allylic oxidation sites excluding steroid dienone is 1. The van der Waals surface area contributed by atoms with E-state index in [1.165, 1.54) is 4.80 Å². The summed E-state index contributed by atoms with van der Waals surface area (Å²) in [5, 5.41) is 13.4. The van der Waals surface area contributed by atoms with E-state index in [0.717, 1.165) is 0 Å². The zero-order chi connectivity index (χ0) is 5.82. The first-order chi connectivity index (χ1) is 3.93. The molecule has 0 aromatic carbocycles. The van der Waals surface area contributed by atoms with E-state index in [2.05, 4.69) is 27.4 Å². The van der Waals surface area contributed by atoms with Crippen LogP contribution in [0, 0.1) is 0 Å². The third kappa shape index (κ3) is 0.868. The molecule has 0 spiro atoms. The summed E-state index contributed by atoms with van der Waals surface area (Å²) < 4.78 is 0. The van der Waals surface area contributed by atoms with Crippen LogP contribution in [-0.2, 0) is 6.54 Å². The van der Waals surface area contributed by atoms with Gasteiger partial charge in [-0.1, -0.05) is 6.08 Å². The average Bonchev–Trinajstić information content (AvgIpc) is 2.19. The Morgan fingerprint density at radius 2 is 2.00 bits per heavy atom. The third-order valence-corrected chi connectivity index (χ3v) is 0.619. The predicted octanol–water partition coefficient (Wildman–Crippen LogP) is -0.746. The summed E-state index contributed by atoms with van der Waals surface area (Å²) in [6.07, 6.45) is 1.67. The van der Waals surface area contributed by atoms with Crippen LogP contribution in [0.2, 0.25) is 0 Å². The first-order valence-electron chi connectivity index (χ1n) is 2.13. The molecule has 0 N–H and O–H groups in total.